The van der Waals surface area contributed by atoms with Crippen molar-refractivity contribution in [3.63, 3.8) is 0 Å². The first kappa shape index (κ1) is 18.8. The van der Waals surface area contributed by atoms with Gasteiger partial charge in [0.2, 0.25) is 7.37 Å². The molecule has 0 spiro atoms. The topological polar surface area (TPSA) is 92.7 Å². The fourth-order valence-corrected chi connectivity index (χ4v) is 4.03. The standard InChI is InChI=1S/C17H24NO5P/c1-13(16(19)23-17(20)15-10-5-11-18-15)24(21,22)12-6-9-14-7-3-2-4-8-14/h2-4,7-8,13,15,18H,5-6,9-12H2,1H3,(H,21,22)/t13?,15-/m0/s1. The van der Waals surface area contributed by atoms with Gasteiger partial charge in [0.1, 0.15) is 11.7 Å². The van der Waals surface area contributed by atoms with Gasteiger partial charge in [-0.25, -0.2) is 4.79 Å². The Labute approximate surface area is 142 Å². The third kappa shape index (κ3) is 5.26. The summed E-state index contributed by atoms with van der Waals surface area (Å²) in [6.07, 6.45) is 2.65. The van der Waals surface area contributed by atoms with Crippen molar-refractivity contribution in [1.29, 1.82) is 0 Å². The largest absolute Gasteiger partial charge is 0.391 e. The van der Waals surface area contributed by atoms with Crippen LogP contribution in [0.1, 0.15) is 31.7 Å². The van der Waals surface area contributed by atoms with Gasteiger partial charge in [-0.1, -0.05) is 30.3 Å². The number of hydrogen-bond acceptors (Lipinski definition) is 5. The van der Waals surface area contributed by atoms with Gasteiger partial charge in [0, 0.05) is 6.16 Å². The number of aryl methyl sites for hydroxylation is 1. The molecule has 0 aliphatic carbocycles. The molecule has 2 rings (SSSR count). The highest BCUT2D eigenvalue weighted by atomic mass is 31.2. The second-order valence-electron chi connectivity index (χ2n) is 6.13. The summed E-state index contributed by atoms with van der Waals surface area (Å²) in [6, 6.07) is 9.15. The molecule has 7 heteroatoms. The highest BCUT2D eigenvalue weighted by Crippen LogP contribution is 2.47. The molecule has 1 aliphatic rings. The quantitative estimate of drug-likeness (QED) is 0.443. The highest BCUT2D eigenvalue weighted by Gasteiger charge is 2.36. The van der Waals surface area contributed by atoms with Crippen LogP contribution in [0, 0.1) is 0 Å². The summed E-state index contributed by atoms with van der Waals surface area (Å²) >= 11 is 0. The summed E-state index contributed by atoms with van der Waals surface area (Å²) in [5.74, 6) is -1.58. The van der Waals surface area contributed by atoms with Crippen molar-refractivity contribution in [2.45, 2.75) is 44.3 Å². The van der Waals surface area contributed by atoms with Gasteiger partial charge >= 0.3 is 11.9 Å². The number of ether oxygens (including phenoxy) is 1. The van der Waals surface area contributed by atoms with E-state index in [4.69, 9.17) is 4.74 Å². The van der Waals surface area contributed by atoms with Crippen LogP contribution in [-0.4, -0.2) is 41.2 Å². The molecule has 6 nitrogen and oxygen atoms in total. The molecule has 2 unspecified atom stereocenters. The molecular formula is C17H24NO5P. The van der Waals surface area contributed by atoms with Gasteiger partial charge in [-0.05, 0) is 44.7 Å². The Kier molecular flexibility index (Phi) is 6.72. The van der Waals surface area contributed by atoms with Crippen LogP contribution < -0.4 is 5.32 Å². The lowest BCUT2D eigenvalue weighted by molar-refractivity contribution is -0.160. The minimum absolute atomic E-state index is 0.0219. The number of esters is 2. The summed E-state index contributed by atoms with van der Waals surface area (Å²) in [4.78, 5) is 33.9. The Bertz CT molecular complexity index is 613. The molecule has 1 fully saturated rings. The molecule has 0 aromatic heterocycles. The molecule has 24 heavy (non-hydrogen) atoms. The number of rotatable bonds is 7. The van der Waals surface area contributed by atoms with Crippen molar-refractivity contribution < 1.29 is 23.8 Å². The van der Waals surface area contributed by atoms with E-state index in [0.717, 1.165) is 12.0 Å². The second kappa shape index (κ2) is 8.56. The number of nitrogens with one attached hydrogen (secondary N) is 1. The maximum Gasteiger partial charge on any atom is 0.330 e. The normalized spacial score (nSPS) is 21.0. The zero-order chi connectivity index (χ0) is 17.6. The van der Waals surface area contributed by atoms with Gasteiger partial charge in [-0.15, -0.1) is 0 Å². The average molecular weight is 353 g/mol. The predicted molar refractivity (Wildman–Crippen MR) is 91.0 cm³/mol. The van der Waals surface area contributed by atoms with Crippen molar-refractivity contribution >= 4 is 19.3 Å². The summed E-state index contributed by atoms with van der Waals surface area (Å²) < 4.78 is 17.2. The van der Waals surface area contributed by atoms with E-state index in [1.807, 2.05) is 30.3 Å². The van der Waals surface area contributed by atoms with Gasteiger partial charge < -0.3 is 14.9 Å². The third-order valence-electron chi connectivity index (χ3n) is 4.28. The lowest BCUT2D eigenvalue weighted by Crippen LogP contribution is -2.36. The molecule has 2 N–H and O–H groups in total. The second-order valence-corrected chi connectivity index (χ2v) is 8.87. The SMILES string of the molecule is CC(C(=O)OC(=O)[C@@H]1CCCN1)P(=O)(O)CCCc1ccccc1. The first-order valence-electron chi connectivity index (χ1n) is 8.24. The smallest absolute Gasteiger partial charge is 0.330 e. The van der Waals surface area contributed by atoms with Crippen LogP contribution in [0.2, 0.25) is 0 Å². The Morgan fingerprint density at radius 1 is 1.38 bits per heavy atom. The van der Waals surface area contributed by atoms with E-state index in [1.165, 1.54) is 6.92 Å². The molecule has 1 aromatic rings. The van der Waals surface area contributed by atoms with Crippen molar-refractivity contribution in [3.05, 3.63) is 35.9 Å². The Morgan fingerprint density at radius 2 is 2.08 bits per heavy atom. The van der Waals surface area contributed by atoms with E-state index in [1.54, 1.807) is 0 Å². The third-order valence-corrected chi connectivity index (χ3v) is 6.66. The van der Waals surface area contributed by atoms with Crippen LogP contribution in [-0.2, 0) is 25.3 Å². The minimum Gasteiger partial charge on any atom is -0.391 e. The summed E-state index contributed by atoms with van der Waals surface area (Å²) in [5.41, 5.74) is -0.117. The average Bonchev–Trinajstić information content (AvgIpc) is 3.09. The first-order chi connectivity index (χ1) is 11.4. The Balaban J connectivity index is 1.82. The zero-order valence-electron chi connectivity index (χ0n) is 13.8. The lowest BCUT2D eigenvalue weighted by atomic mass is 10.1. The molecule has 0 saturated carbocycles. The van der Waals surface area contributed by atoms with Crippen molar-refractivity contribution in [2.75, 3.05) is 12.7 Å². The van der Waals surface area contributed by atoms with Crippen LogP contribution in [0.15, 0.2) is 30.3 Å². The van der Waals surface area contributed by atoms with E-state index in [2.05, 4.69) is 5.32 Å². The number of hydrogen-bond donors (Lipinski definition) is 2. The predicted octanol–water partition coefficient (Wildman–Crippen LogP) is 2.10. The molecule has 1 heterocycles. The van der Waals surface area contributed by atoms with E-state index in [9.17, 15) is 19.0 Å². The van der Waals surface area contributed by atoms with Crippen molar-refractivity contribution in [1.82, 2.24) is 5.32 Å². The van der Waals surface area contributed by atoms with Crippen LogP contribution in [0.5, 0.6) is 0 Å². The molecule has 0 radical (unpaired) electrons. The molecular weight excluding hydrogens is 329 g/mol. The zero-order valence-corrected chi connectivity index (χ0v) is 14.7. The van der Waals surface area contributed by atoms with Gasteiger partial charge in [0.05, 0.1) is 0 Å². The number of carbonyl (C=O) groups excluding carboxylic acids is 2. The maximum atomic E-state index is 12.4. The minimum atomic E-state index is -3.71. The molecule has 0 amide bonds. The van der Waals surface area contributed by atoms with Crippen LogP contribution in [0.25, 0.3) is 0 Å². The fraction of sp³-hybridized carbons (Fsp3) is 0.529. The van der Waals surface area contributed by atoms with Gasteiger partial charge in [0.15, 0.2) is 0 Å². The van der Waals surface area contributed by atoms with E-state index < -0.39 is 31.0 Å². The van der Waals surface area contributed by atoms with Crippen LogP contribution in [0.4, 0.5) is 0 Å². The fourth-order valence-electron chi connectivity index (χ4n) is 2.65. The first-order valence-corrected chi connectivity index (χ1v) is 10.2. The van der Waals surface area contributed by atoms with E-state index in [-0.39, 0.29) is 6.16 Å². The molecule has 1 aromatic carbocycles. The van der Waals surface area contributed by atoms with Crippen molar-refractivity contribution in [2.24, 2.45) is 0 Å². The van der Waals surface area contributed by atoms with Crippen LogP contribution in [0.3, 0.4) is 0 Å². The van der Waals surface area contributed by atoms with Crippen LogP contribution >= 0.6 is 7.37 Å². The molecule has 132 valence electrons. The van der Waals surface area contributed by atoms with E-state index in [0.29, 0.717) is 25.8 Å². The van der Waals surface area contributed by atoms with Crippen molar-refractivity contribution in [3.8, 4) is 0 Å². The highest BCUT2D eigenvalue weighted by molar-refractivity contribution is 7.59. The Hall–Kier alpha value is -1.49. The van der Waals surface area contributed by atoms with Gasteiger partial charge in [0.25, 0.3) is 0 Å². The van der Waals surface area contributed by atoms with E-state index >= 15 is 0 Å². The summed E-state index contributed by atoms with van der Waals surface area (Å²) in [6.45, 7) is 2.06. The maximum absolute atomic E-state index is 12.4. The molecule has 0 bridgehead atoms. The lowest BCUT2D eigenvalue weighted by Gasteiger charge is -2.18. The molecule has 3 atom stereocenters. The Morgan fingerprint density at radius 3 is 2.71 bits per heavy atom. The van der Waals surface area contributed by atoms with Gasteiger partial charge in [-0.2, -0.15) is 0 Å². The number of benzene rings is 1. The van der Waals surface area contributed by atoms with Gasteiger partial charge in [-0.3, -0.25) is 9.36 Å². The monoisotopic (exact) mass is 353 g/mol. The number of carbonyl (C=O) groups is 2. The summed E-state index contributed by atoms with van der Waals surface area (Å²) in [5, 5.41) is 2.93. The molecule has 1 aliphatic heterocycles. The molecule has 1 saturated heterocycles. The summed E-state index contributed by atoms with van der Waals surface area (Å²) in [7, 11) is -3.71.